The monoisotopic (exact) mass is 399 g/mol. The molecule has 0 spiro atoms. The molecule has 1 N–H and O–H groups in total. The first-order chi connectivity index (χ1) is 13.5. The molecular weight excluding hydrogens is 377 g/mol. The topological polar surface area (TPSA) is 54.5 Å². The summed E-state index contributed by atoms with van der Waals surface area (Å²) < 4.78 is 20.9. The van der Waals surface area contributed by atoms with Crippen LogP contribution in [0, 0.1) is 19.7 Å². The first-order valence-corrected chi connectivity index (χ1v) is 10.1. The lowest BCUT2D eigenvalue weighted by atomic mass is 10.0. The van der Waals surface area contributed by atoms with Crippen molar-refractivity contribution in [2.75, 3.05) is 31.6 Å². The van der Waals surface area contributed by atoms with Crippen molar-refractivity contribution in [1.82, 2.24) is 9.88 Å². The van der Waals surface area contributed by atoms with Crippen LogP contribution in [-0.4, -0.2) is 42.1 Å². The first-order valence-electron chi connectivity index (χ1n) is 9.28. The van der Waals surface area contributed by atoms with Gasteiger partial charge in [0.25, 0.3) is 0 Å². The van der Waals surface area contributed by atoms with Gasteiger partial charge in [-0.1, -0.05) is 35.6 Å². The van der Waals surface area contributed by atoms with E-state index < -0.39 is 6.04 Å². The van der Waals surface area contributed by atoms with Crippen LogP contribution in [0.5, 0.6) is 0 Å². The van der Waals surface area contributed by atoms with E-state index in [2.05, 4.69) is 22.4 Å². The standard InChI is InChI=1S/C21H22FN3O2S/c1-13-11-14(2)18-17(12-13)28-21(23-18)24-20(26)19(25-7-9-27-10-8-25)15-5-3-4-6-16(15)22/h3-6,11-12,19H,7-10H2,1-2H3,(H,23,24,26). The number of halogens is 1. The van der Waals surface area contributed by atoms with Gasteiger partial charge < -0.3 is 10.1 Å². The summed E-state index contributed by atoms with van der Waals surface area (Å²) in [5.41, 5.74) is 3.49. The van der Waals surface area contributed by atoms with Gasteiger partial charge in [-0.05, 0) is 37.1 Å². The van der Waals surface area contributed by atoms with E-state index in [1.54, 1.807) is 18.2 Å². The maximum atomic E-state index is 14.5. The molecule has 0 bridgehead atoms. The molecule has 1 fully saturated rings. The lowest BCUT2D eigenvalue weighted by molar-refractivity contribution is -0.123. The summed E-state index contributed by atoms with van der Waals surface area (Å²) in [7, 11) is 0. The van der Waals surface area contributed by atoms with Gasteiger partial charge in [0, 0.05) is 18.7 Å². The molecule has 3 aromatic rings. The minimum absolute atomic E-state index is 0.277. The average molecular weight is 399 g/mol. The molecule has 0 aliphatic carbocycles. The Morgan fingerprint density at radius 3 is 2.75 bits per heavy atom. The van der Waals surface area contributed by atoms with Crippen molar-refractivity contribution in [2.24, 2.45) is 0 Å². The molecule has 1 aliphatic heterocycles. The fourth-order valence-corrected chi connectivity index (χ4v) is 4.68. The SMILES string of the molecule is Cc1cc(C)c2nc(NC(=O)C(c3ccccc3F)N3CCOCC3)sc2c1. The number of morpholine rings is 1. The van der Waals surface area contributed by atoms with Crippen LogP contribution in [0.15, 0.2) is 36.4 Å². The fraction of sp³-hybridized carbons (Fsp3) is 0.333. The summed E-state index contributed by atoms with van der Waals surface area (Å²) in [6, 6.07) is 9.85. The zero-order valence-electron chi connectivity index (χ0n) is 15.9. The van der Waals surface area contributed by atoms with Gasteiger partial charge in [0.15, 0.2) is 5.13 Å². The number of hydrogen-bond donors (Lipinski definition) is 1. The second-order valence-electron chi connectivity index (χ2n) is 7.01. The Kier molecular flexibility index (Phi) is 5.39. The molecule has 0 radical (unpaired) electrons. The van der Waals surface area contributed by atoms with Gasteiger partial charge in [0.05, 0.1) is 23.4 Å². The Morgan fingerprint density at radius 2 is 2.00 bits per heavy atom. The highest BCUT2D eigenvalue weighted by Crippen LogP contribution is 2.31. The van der Waals surface area contributed by atoms with Crippen LogP contribution in [0.25, 0.3) is 10.2 Å². The second-order valence-corrected chi connectivity index (χ2v) is 8.04. The third kappa shape index (κ3) is 3.78. The van der Waals surface area contributed by atoms with Crippen LogP contribution in [0.3, 0.4) is 0 Å². The highest BCUT2D eigenvalue weighted by Gasteiger charge is 2.31. The van der Waals surface area contributed by atoms with E-state index in [0.717, 1.165) is 21.3 Å². The van der Waals surface area contributed by atoms with Gasteiger partial charge in [0.2, 0.25) is 5.91 Å². The maximum absolute atomic E-state index is 14.5. The van der Waals surface area contributed by atoms with Crippen LogP contribution in [0.1, 0.15) is 22.7 Å². The van der Waals surface area contributed by atoms with E-state index >= 15 is 0 Å². The maximum Gasteiger partial charge on any atom is 0.248 e. The van der Waals surface area contributed by atoms with Gasteiger partial charge in [0.1, 0.15) is 11.9 Å². The number of thiazole rings is 1. The Morgan fingerprint density at radius 1 is 1.25 bits per heavy atom. The van der Waals surface area contributed by atoms with Crippen molar-refractivity contribution in [3.8, 4) is 0 Å². The summed E-state index contributed by atoms with van der Waals surface area (Å²) >= 11 is 1.44. The molecule has 1 atom stereocenters. The number of fused-ring (bicyclic) bond motifs is 1. The van der Waals surface area contributed by atoms with Gasteiger partial charge >= 0.3 is 0 Å². The van der Waals surface area contributed by atoms with E-state index in [9.17, 15) is 9.18 Å². The van der Waals surface area contributed by atoms with E-state index in [1.165, 1.54) is 17.4 Å². The van der Waals surface area contributed by atoms with E-state index in [0.29, 0.717) is 37.0 Å². The molecule has 4 rings (SSSR count). The molecule has 2 aromatic carbocycles. The number of rotatable bonds is 4. The normalized spacial score (nSPS) is 16.2. The van der Waals surface area contributed by atoms with Crippen molar-refractivity contribution in [3.05, 3.63) is 58.9 Å². The van der Waals surface area contributed by atoms with E-state index in [4.69, 9.17) is 4.74 Å². The molecule has 146 valence electrons. The Balaban J connectivity index is 1.66. The fourth-order valence-electron chi connectivity index (χ4n) is 3.63. The molecule has 1 aliphatic rings. The van der Waals surface area contributed by atoms with Gasteiger partial charge in [-0.15, -0.1) is 0 Å². The lowest BCUT2D eigenvalue weighted by Crippen LogP contribution is -2.44. The first kappa shape index (κ1) is 19.0. The number of ether oxygens (including phenoxy) is 1. The van der Waals surface area contributed by atoms with Gasteiger partial charge in [-0.25, -0.2) is 9.37 Å². The summed E-state index contributed by atoms with van der Waals surface area (Å²) in [5.74, 6) is -0.662. The molecule has 0 saturated carbocycles. The quantitative estimate of drug-likeness (QED) is 0.719. The summed E-state index contributed by atoms with van der Waals surface area (Å²) in [4.78, 5) is 19.7. The highest BCUT2D eigenvalue weighted by atomic mass is 32.1. The predicted octanol–water partition coefficient (Wildman–Crippen LogP) is 4.06. The smallest absolute Gasteiger partial charge is 0.248 e. The van der Waals surface area contributed by atoms with Crippen molar-refractivity contribution < 1.29 is 13.9 Å². The number of nitrogens with one attached hydrogen (secondary N) is 1. The second kappa shape index (κ2) is 7.95. The zero-order chi connectivity index (χ0) is 19.7. The third-order valence-electron chi connectivity index (χ3n) is 4.92. The summed E-state index contributed by atoms with van der Waals surface area (Å²) in [6.07, 6.45) is 0. The highest BCUT2D eigenvalue weighted by molar-refractivity contribution is 7.22. The molecule has 1 amide bonds. The Labute approximate surface area is 167 Å². The van der Waals surface area contributed by atoms with Crippen LogP contribution in [0.2, 0.25) is 0 Å². The number of aryl methyl sites for hydroxylation is 2. The number of anilines is 1. The molecule has 1 saturated heterocycles. The summed E-state index contributed by atoms with van der Waals surface area (Å²) in [6.45, 7) is 6.25. The average Bonchev–Trinajstić information content (AvgIpc) is 3.07. The van der Waals surface area contributed by atoms with Crippen LogP contribution in [0.4, 0.5) is 9.52 Å². The lowest BCUT2D eigenvalue weighted by Gasteiger charge is -2.33. The van der Waals surface area contributed by atoms with Crippen LogP contribution >= 0.6 is 11.3 Å². The molecular formula is C21H22FN3O2S. The molecule has 5 nitrogen and oxygen atoms in total. The van der Waals surface area contributed by atoms with Gasteiger partial charge in [-0.2, -0.15) is 0 Å². The number of hydrogen-bond acceptors (Lipinski definition) is 5. The Hall–Kier alpha value is -2.35. The number of nitrogens with zero attached hydrogens (tertiary/aromatic N) is 2. The van der Waals surface area contributed by atoms with Gasteiger partial charge in [-0.3, -0.25) is 9.69 Å². The largest absolute Gasteiger partial charge is 0.379 e. The van der Waals surface area contributed by atoms with Crippen molar-refractivity contribution in [3.63, 3.8) is 0 Å². The third-order valence-corrected chi connectivity index (χ3v) is 5.84. The van der Waals surface area contributed by atoms with Crippen molar-refractivity contribution >= 4 is 32.6 Å². The minimum atomic E-state index is -0.722. The Bertz CT molecular complexity index is 1010. The zero-order valence-corrected chi connectivity index (χ0v) is 16.7. The number of carbonyl (C=O) groups excluding carboxylic acids is 1. The molecule has 1 aromatic heterocycles. The van der Waals surface area contributed by atoms with E-state index in [-0.39, 0.29) is 11.7 Å². The summed E-state index contributed by atoms with van der Waals surface area (Å²) in [5, 5.41) is 3.45. The number of aromatic nitrogens is 1. The number of carbonyl (C=O) groups is 1. The van der Waals surface area contributed by atoms with Crippen molar-refractivity contribution in [2.45, 2.75) is 19.9 Å². The molecule has 1 unspecified atom stereocenters. The van der Waals surface area contributed by atoms with E-state index in [1.807, 2.05) is 18.7 Å². The van der Waals surface area contributed by atoms with Crippen molar-refractivity contribution in [1.29, 1.82) is 0 Å². The van der Waals surface area contributed by atoms with Crippen LogP contribution in [-0.2, 0) is 9.53 Å². The number of benzene rings is 2. The minimum Gasteiger partial charge on any atom is -0.379 e. The van der Waals surface area contributed by atoms with Crippen LogP contribution < -0.4 is 5.32 Å². The molecule has 2 heterocycles. The molecule has 7 heteroatoms. The number of amides is 1. The predicted molar refractivity (Wildman–Crippen MR) is 109 cm³/mol. The molecule has 28 heavy (non-hydrogen) atoms.